The highest BCUT2D eigenvalue weighted by atomic mass is 16.5. The second-order valence-corrected chi connectivity index (χ2v) is 9.40. The van der Waals surface area contributed by atoms with Crippen molar-refractivity contribution in [2.45, 2.75) is 5.92 Å². The molecule has 0 aliphatic rings. The Morgan fingerprint density at radius 3 is 1.46 bits per heavy atom. The van der Waals surface area contributed by atoms with Crippen molar-refractivity contribution in [3.05, 3.63) is 174 Å². The molecule has 0 aliphatic heterocycles. The van der Waals surface area contributed by atoms with Crippen LogP contribution in [0, 0.1) is 0 Å². The minimum Gasteiger partial charge on any atom is -0.497 e. The van der Waals surface area contributed by atoms with E-state index >= 15 is 0 Å². The average Bonchev–Trinajstić information content (AvgIpc) is 3.02. The van der Waals surface area contributed by atoms with Gasteiger partial charge in [-0.05, 0) is 58.7 Å². The van der Waals surface area contributed by atoms with Gasteiger partial charge < -0.3 is 9.64 Å². The molecule has 0 amide bonds. The van der Waals surface area contributed by atoms with Gasteiger partial charge in [0.1, 0.15) is 5.75 Å². The molecular weight excluding hydrogens is 474 g/mol. The lowest BCUT2D eigenvalue weighted by molar-refractivity contribution is 0.415. The molecule has 39 heavy (non-hydrogen) atoms. The molecule has 2 heteroatoms. The normalized spacial score (nSPS) is 11.3. The number of nitrogens with zero attached hydrogens (tertiary/aromatic N) is 1. The van der Waals surface area contributed by atoms with Gasteiger partial charge in [0.25, 0.3) is 0 Å². The molecule has 0 N–H and O–H groups in total. The quantitative estimate of drug-likeness (QED) is 0.175. The maximum absolute atomic E-state index is 5.43. The molecule has 0 radical (unpaired) electrons. The summed E-state index contributed by atoms with van der Waals surface area (Å²) in [7, 11) is 1.70. The van der Waals surface area contributed by atoms with Crippen LogP contribution < -0.4 is 9.64 Å². The van der Waals surface area contributed by atoms with Crippen molar-refractivity contribution in [1.82, 2.24) is 0 Å². The predicted octanol–water partition coefficient (Wildman–Crippen LogP) is 9.39. The Hall–Kier alpha value is -4.82. The zero-order valence-electron chi connectivity index (χ0n) is 22.2. The van der Waals surface area contributed by atoms with Crippen LogP contribution in [-0.4, -0.2) is 13.7 Å². The van der Waals surface area contributed by atoms with E-state index in [2.05, 4.69) is 151 Å². The SMILES string of the molecule is COc1ccc(N(CC(c2ccccc2)c2ccccc2)c2ccc(C=CC=Cc3ccccc3)cc2)cc1. The highest BCUT2D eigenvalue weighted by Crippen LogP contribution is 2.33. The first-order chi connectivity index (χ1) is 19.3. The van der Waals surface area contributed by atoms with Gasteiger partial charge in [-0.2, -0.15) is 0 Å². The Bertz CT molecular complexity index is 1430. The summed E-state index contributed by atoms with van der Waals surface area (Å²) in [6.45, 7) is 0.801. The van der Waals surface area contributed by atoms with E-state index in [-0.39, 0.29) is 5.92 Å². The minimum atomic E-state index is 0.206. The fourth-order valence-electron chi connectivity index (χ4n) is 4.74. The van der Waals surface area contributed by atoms with Crippen LogP contribution >= 0.6 is 0 Å². The fourth-order valence-corrected chi connectivity index (χ4v) is 4.74. The first-order valence-corrected chi connectivity index (χ1v) is 13.3. The molecule has 0 saturated carbocycles. The highest BCUT2D eigenvalue weighted by Gasteiger charge is 2.20. The van der Waals surface area contributed by atoms with Gasteiger partial charge >= 0.3 is 0 Å². The third kappa shape index (κ3) is 6.94. The van der Waals surface area contributed by atoms with Crippen LogP contribution in [0.25, 0.3) is 12.2 Å². The van der Waals surface area contributed by atoms with E-state index in [1.54, 1.807) is 7.11 Å². The van der Waals surface area contributed by atoms with Crippen LogP contribution in [-0.2, 0) is 0 Å². The summed E-state index contributed by atoms with van der Waals surface area (Å²) < 4.78 is 5.43. The Morgan fingerprint density at radius 1 is 0.538 bits per heavy atom. The molecule has 5 rings (SSSR count). The van der Waals surface area contributed by atoms with Gasteiger partial charge in [-0.25, -0.2) is 0 Å². The second-order valence-electron chi connectivity index (χ2n) is 9.40. The zero-order valence-corrected chi connectivity index (χ0v) is 22.2. The lowest BCUT2D eigenvalue weighted by atomic mass is 9.90. The number of methoxy groups -OCH3 is 1. The first-order valence-electron chi connectivity index (χ1n) is 13.3. The van der Waals surface area contributed by atoms with E-state index in [1.165, 1.54) is 16.7 Å². The van der Waals surface area contributed by atoms with Crippen molar-refractivity contribution >= 4 is 23.5 Å². The van der Waals surface area contributed by atoms with E-state index in [0.29, 0.717) is 0 Å². The number of rotatable bonds is 10. The molecule has 192 valence electrons. The van der Waals surface area contributed by atoms with Crippen LogP contribution in [0.3, 0.4) is 0 Å². The third-order valence-corrected chi connectivity index (χ3v) is 6.85. The Labute approximate surface area is 232 Å². The molecule has 5 aromatic rings. The van der Waals surface area contributed by atoms with Crippen molar-refractivity contribution in [1.29, 1.82) is 0 Å². The number of hydrogen-bond acceptors (Lipinski definition) is 2. The fraction of sp³-hybridized carbons (Fsp3) is 0.0811. The second kappa shape index (κ2) is 13.1. The van der Waals surface area contributed by atoms with Crippen molar-refractivity contribution in [3.63, 3.8) is 0 Å². The number of hydrogen-bond donors (Lipinski definition) is 0. The predicted molar refractivity (Wildman–Crippen MR) is 166 cm³/mol. The van der Waals surface area contributed by atoms with E-state index in [1.807, 2.05) is 18.2 Å². The van der Waals surface area contributed by atoms with Gasteiger partial charge in [-0.15, -0.1) is 0 Å². The summed E-state index contributed by atoms with van der Waals surface area (Å²) in [4.78, 5) is 2.40. The van der Waals surface area contributed by atoms with Gasteiger partial charge in [-0.1, -0.05) is 127 Å². The summed E-state index contributed by atoms with van der Waals surface area (Å²) >= 11 is 0. The molecule has 0 unspecified atom stereocenters. The summed E-state index contributed by atoms with van der Waals surface area (Å²) in [5.74, 6) is 1.06. The molecule has 2 nitrogen and oxygen atoms in total. The molecule has 0 bridgehead atoms. The summed E-state index contributed by atoms with van der Waals surface area (Å²) in [6.07, 6.45) is 8.42. The maximum atomic E-state index is 5.43. The van der Waals surface area contributed by atoms with Gasteiger partial charge in [0.2, 0.25) is 0 Å². The molecule has 0 spiro atoms. The zero-order chi connectivity index (χ0) is 26.7. The van der Waals surface area contributed by atoms with Crippen LogP contribution in [0.2, 0.25) is 0 Å². The van der Waals surface area contributed by atoms with Gasteiger partial charge in [0, 0.05) is 23.8 Å². The van der Waals surface area contributed by atoms with E-state index in [9.17, 15) is 0 Å². The van der Waals surface area contributed by atoms with Gasteiger partial charge in [-0.3, -0.25) is 0 Å². The first kappa shape index (κ1) is 25.8. The molecule has 0 fully saturated rings. The highest BCUT2D eigenvalue weighted by molar-refractivity contribution is 5.67. The van der Waals surface area contributed by atoms with Gasteiger partial charge in [0.15, 0.2) is 0 Å². The molecule has 0 aliphatic carbocycles. The number of benzene rings is 5. The van der Waals surface area contributed by atoms with Crippen LogP contribution in [0.5, 0.6) is 5.75 Å². The lowest BCUT2D eigenvalue weighted by Gasteiger charge is -2.30. The van der Waals surface area contributed by atoms with Crippen LogP contribution in [0.15, 0.2) is 152 Å². The summed E-state index contributed by atoms with van der Waals surface area (Å²) in [5.41, 5.74) is 7.22. The molecule has 0 saturated heterocycles. The van der Waals surface area contributed by atoms with Crippen molar-refractivity contribution < 1.29 is 4.74 Å². The van der Waals surface area contributed by atoms with Crippen molar-refractivity contribution in [3.8, 4) is 5.75 Å². The lowest BCUT2D eigenvalue weighted by Crippen LogP contribution is -2.24. The standard InChI is InChI=1S/C37H33NO/c1-39-36-27-25-35(26-28-36)38(29-37(32-17-7-3-8-18-32)33-19-9-4-10-20-33)34-23-21-31(22-24-34)16-12-11-15-30-13-5-2-6-14-30/h2-28,37H,29H2,1H3. The number of anilines is 2. The average molecular weight is 508 g/mol. The smallest absolute Gasteiger partial charge is 0.119 e. The molecule has 0 heterocycles. The topological polar surface area (TPSA) is 12.5 Å². The molecular formula is C37H33NO. The Balaban J connectivity index is 1.44. The van der Waals surface area contributed by atoms with E-state index in [0.717, 1.165) is 29.2 Å². The molecule has 0 atom stereocenters. The van der Waals surface area contributed by atoms with Gasteiger partial charge in [0.05, 0.1) is 7.11 Å². The van der Waals surface area contributed by atoms with Crippen LogP contribution in [0.1, 0.15) is 28.2 Å². The largest absolute Gasteiger partial charge is 0.497 e. The summed E-state index contributed by atoms with van der Waals surface area (Å²) in [6, 6.07) is 49.0. The molecule has 5 aromatic carbocycles. The monoisotopic (exact) mass is 507 g/mol. The number of ether oxygens (including phenoxy) is 1. The number of allylic oxidation sites excluding steroid dienone is 2. The molecule has 0 aromatic heterocycles. The Morgan fingerprint density at radius 2 is 0.974 bits per heavy atom. The minimum absolute atomic E-state index is 0.206. The third-order valence-electron chi connectivity index (χ3n) is 6.85. The van der Waals surface area contributed by atoms with E-state index in [4.69, 9.17) is 4.74 Å². The maximum Gasteiger partial charge on any atom is 0.119 e. The van der Waals surface area contributed by atoms with Crippen molar-refractivity contribution in [2.75, 3.05) is 18.6 Å². The van der Waals surface area contributed by atoms with E-state index < -0.39 is 0 Å². The Kier molecular flexibility index (Phi) is 8.68. The van der Waals surface area contributed by atoms with Crippen LogP contribution in [0.4, 0.5) is 11.4 Å². The summed E-state index contributed by atoms with van der Waals surface area (Å²) in [5, 5.41) is 0. The van der Waals surface area contributed by atoms with Crippen molar-refractivity contribution in [2.24, 2.45) is 0 Å².